The van der Waals surface area contributed by atoms with Gasteiger partial charge in [-0.25, -0.2) is 0 Å². The first-order chi connectivity index (χ1) is 12.6. The summed E-state index contributed by atoms with van der Waals surface area (Å²) in [5, 5.41) is 0.217. The normalized spacial score (nSPS) is 12.8. The van der Waals surface area contributed by atoms with Crippen LogP contribution in [-0.2, 0) is 6.42 Å². The first kappa shape index (κ1) is 21.3. The number of allylic oxidation sites excluding steroid dienone is 1. The lowest BCUT2D eigenvalue weighted by Gasteiger charge is -2.36. The minimum absolute atomic E-state index is 0.217. The highest BCUT2D eigenvalue weighted by Crippen LogP contribution is 2.37. The number of hydrogen-bond donors (Lipinski definition) is 0. The fourth-order valence-corrected chi connectivity index (χ4v) is 3.60. The molecular formula is C24H34O2Si. The third kappa shape index (κ3) is 6.28. The average molecular weight is 383 g/mol. The second-order valence-corrected chi connectivity index (χ2v) is 13.5. The number of benzene rings is 2. The number of methoxy groups -OCH3 is 1. The van der Waals surface area contributed by atoms with Gasteiger partial charge in [-0.15, -0.1) is 0 Å². The van der Waals surface area contributed by atoms with Gasteiger partial charge in [-0.1, -0.05) is 56.7 Å². The number of aryl methyl sites for hydroxylation is 1. The van der Waals surface area contributed by atoms with E-state index in [4.69, 9.17) is 9.16 Å². The van der Waals surface area contributed by atoms with E-state index in [-0.39, 0.29) is 5.04 Å². The monoisotopic (exact) mass is 382 g/mol. The molecule has 146 valence electrons. The van der Waals surface area contributed by atoms with E-state index in [2.05, 4.69) is 83.3 Å². The maximum absolute atomic E-state index is 6.36. The molecule has 0 aliphatic rings. The Bertz CT molecular complexity index is 750. The van der Waals surface area contributed by atoms with E-state index in [1.165, 1.54) is 16.7 Å². The van der Waals surface area contributed by atoms with Crippen LogP contribution in [0, 0.1) is 0 Å². The van der Waals surface area contributed by atoms with E-state index in [1.807, 2.05) is 12.1 Å². The highest BCUT2D eigenvalue weighted by Gasteiger charge is 2.38. The zero-order chi connectivity index (χ0) is 20.1. The predicted molar refractivity (Wildman–Crippen MR) is 119 cm³/mol. The standard InChI is InChI=1S/C24H34O2Si/c1-19(18-21-12-14-22(25-5)15-13-21)8-9-20-10-16-23(17-11-20)26-27(6,7)24(2,3)4/h10-18H,8-9H2,1-7H3/b19-18+. The van der Waals surface area contributed by atoms with Gasteiger partial charge in [0.25, 0.3) is 0 Å². The van der Waals surface area contributed by atoms with Crippen molar-refractivity contribution >= 4 is 14.4 Å². The van der Waals surface area contributed by atoms with Gasteiger partial charge >= 0.3 is 0 Å². The average Bonchev–Trinajstić information content (AvgIpc) is 2.60. The largest absolute Gasteiger partial charge is 0.544 e. The second-order valence-electron chi connectivity index (χ2n) is 8.77. The van der Waals surface area contributed by atoms with Crippen molar-refractivity contribution in [3.63, 3.8) is 0 Å². The molecule has 0 N–H and O–H groups in total. The first-order valence-corrected chi connectivity index (χ1v) is 12.6. The van der Waals surface area contributed by atoms with Crippen molar-refractivity contribution < 1.29 is 9.16 Å². The smallest absolute Gasteiger partial charge is 0.250 e. The van der Waals surface area contributed by atoms with Gasteiger partial charge in [0, 0.05) is 0 Å². The molecule has 27 heavy (non-hydrogen) atoms. The second kappa shape index (κ2) is 8.79. The Morgan fingerprint density at radius 3 is 2.00 bits per heavy atom. The minimum Gasteiger partial charge on any atom is -0.544 e. The molecule has 0 spiro atoms. The Morgan fingerprint density at radius 2 is 1.48 bits per heavy atom. The molecule has 0 aliphatic heterocycles. The van der Waals surface area contributed by atoms with Crippen LogP contribution < -0.4 is 9.16 Å². The van der Waals surface area contributed by atoms with Crippen LogP contribution in [0.25, 0.3) is 6.08 Å². The van der Waals surface area contributed by atoms with Crippen molar-refractivity contribution in [2.24, 2.45) is 0 Å². The van der Waals surface area contributed by atoms with Crippen molar-refractivity contribution in [2.75, 3.05) is 7.11 Å². The molecule has 0 fully saturated rings. The Hall–Kier alpha value is -2.00. The summed E-state index contributed by atoms with van der Waals surface area (Å²) in [4.78, 5) is 0. The highest BCUT2D eigenvalue weighted by molar-refractivity contribution is 6.74. The van der Waals surface area contributed by atoms with Gasteiger partial charge in [0.15, 0.2) is 0 Å². The molecule has 2 aromatic carbocycles. The Kier molecular flexibility index (Phi) is 6.93. The predicted octanol–water partition coefficient (Wildman–Crippen LogP) is 7.12. The first-order valence-electron chi connectivity index (χ1n) is 9.70. The quantitative estimate of drug-likeness (QED) is 0.475. The molecule has 0 amide bonds. The summed E-state index contributed by atoms with van der Waals surface area (Å²) in [6, 6.07) is 16.8. The topological polar surface area (TPSA) is 18.5 Å². The lowest BCUT2D eigenvalue weighted by atomic mass is 10.0. The van der Waals surface area contributed by atoms with Crippen LogP contribution in [-0.4, -0.2) is 15.4 Å². The van der Waals surface area contributed by atoms with Gasteiger partial charge in [0.05, 0.1) is 7.11 Å². The van der Waals surface area contributed by atoms with Gasteiger partial charge < -0.3 is 9.16 Å². The highest BCUT2D eigenvalue weighted by atomic mass is 28.4. The molecule has 0 radical (unpaired) electrons. The van der Waals surface area contributed by atoms with E-state index in [0.717, 1.165) is 24.3 Å². The Balaban J connectivity index is 1.93. The van der Waals surface area contributed by atoms with Gasteiger partial charge in [0.1, 0.15) is 11.5 Å². The van der Waals surface area contributed by atoms with Crippen molar-refractivity contribution in [3.05, 3.63) is 65.2 Å². The summed E-state index contributed by atoms with van der Waals surface area (Å²) in [5.41, 5.74) is 3.94. The molecule has 0 unspecified atom stereocenters. The van der Waals surface area contributed by atoms with Crippen LogP contribution in [0.2, 0.25) is 18.1 Å². The zero-order valence-electron chi connectivity index (χ0n) is 17.9. The molecule has 2 nitrogen and oxygen atoms in total. The lowest BCUT2D eigenvalue weighted by molar-refractivity contribution is 0.415. The number of rotatable bonds is 7. The summed E-state index contributed by atoms with van der Waals surface area (Å²) in [6.45, 7) is 13.6. The van der Waals surface area contributed by atoms with E-state index in [0.29, 0.717) is 0 Å². The molecule has 0 aliphatic carbocycles. The number of ether oxygens (including phenoxy) is 1. The third-order valence-corrected chi connectivity index (χ3v) is 9.80. The van der Waals surface area contributed by atoms with Crippen molar-refractivity contribution in [3.8, 4) is 11.5 Å². The fourth-order valence-electron chi connectivity index (χ4n) is 2.57. The summed E-state index contributed by atoms with van der Waals surface area (Å²) in [6.07, 6.45) is 4.34. The molecule has 0 bridgehead atoms. The van der Waals surface area contributed by atoms with E-state index >= 15 is 0 Å². The van der Waals surface area contributed by atoms with E-state index < -0.39 is 8.32 Å². The van der Waals surface area contributed by atoms with Crippen molar-refractivity contribution in [1.29, 1.82) is 0 Å². The van der Waals surface area contributed by atoms with Crippen LogP contribution >= 0.6 is 0 Å². The molecular weight excluding hydrogens is 348 g/mol. The maximum atomic E-state index is 6.36. The molecule has 2 rings (SSSR count). The van der Waals surface area contributed by atoms with Gasteiger partial charge in [-0.2, -0.15) is 0 Å². The summed E-state index contributed by atoms with van der Waals surface area (Å²) < 4.78 is 11.6. The molecule has 0 heterocycles. The number of hydrogen-bond acceptors (Lipinski definition) is 2. The fraction of sp³-hybridized carbons (Fsp3) is 0.417. The summed E-state index contributed by atoms with van der Waals surface area (Å²) in [5.74, 6) is 1.89. The summed E-state index contributed by atoms with van der Waals surface area (Å²) in [7, 11) is -0.0746. The molecule has 0 aromatic heterocycles. The van der Waals surface area contributed by atoms with Crippen LogP contribution in [0.5, 0.6) is 11.5 Å². The van der Waals surface area contributed by atoms with E-state index in [1.54, 1.807) is 7.11 Å². The Morgan fingerprint density at radius 1 is 0.926 bits per heavy atom. The maximum Gasteiger partial charge on any atom is 0.250 e. The molecule has 0 saturated carbocycles. The third-order valence-electron chi connectivity index (χ3n) is 5.44. The van der Waals surface area contributed by atoms with Crippen molar-refractivity contribution in [2.45, 2.75) is 58.7 Å². The Labute approximate surface area is 166 Å². The van der Waals surface area contributed by atoms with Crippen LogP contribution in [0.4, 0.5) is 0 Å². The minimum atomic E-state index is -1.77. The molecule has 3 heteroatoms. The van der Waals surface area contributed by atoms with Gasteiger partial charge in [-0.05, 0) is 73.3 Å². The zero-order valence-corrected chi connectivity index (χ0v) is 18.9. The van der Waals surface area contributed by atoms with Crippen LogP contribution in [0.1, 0.15) is 45.2 Å². The summed E-state index contributed by atoms with van der Waals surface area (Å²) >= 11 is 0. The lowest BCUT2D eigenvalue weighted by Crippen LogP contribution is -2.43. The van der Waals surface area contributed by atoms with Gasteiger partial charge in [0.2, 0.25) is 8.32 Å². The SMILES string of the molecule is COc1ccc(/C=C(\C)CCc2ccc(O[Si](C)(C)C(C)(C)C)cc2)cc1. The molecule has 0 atom stereocenters. The van der Waals surface area contributed by atoms with Crippen molar-refractivity contribution in [1.82, 2.24) is 0 Å². The van der Waals surface area contributed by atoms with E-state index in [9.17, 15) is 0 Å². The molecule has 2 aromatic rings. The molecule has 0 saturated heterocycles. The van der Waals surface area contributed by atoms with Crippen LogP contribution in [0.3, 0.4) is 0 Å². The van der Waals surface area contributed by atoms with Gasteiger partial charge in [-0.3, -0.25) is 0 Å². The van der Waals surface area contributed by atoms with Crippen LogP contribution in [0.15, 0.2) is 54.1 Å².